The second-order valence-electron chi connectivity index (χ2n) is 7.12. The van der Waals surface area contributed by atoms with Crippen LogP contribution in [0.1, 0.15) is 32.9 Å². The monoisotopic (exact) mass is 455 g/mol. The van der Waals surface area contributed by atoms with E-state index in [0.717, 1.165) is 15.7 Å². The molecule has 0 bridgehead atoms. The Morgan fingerprint density at radius 1 is 1.10 bits per heavy atom. The van der Waals surface area contributed by atoms with Crippen molar-refractivity contribution in [3.63, 3.8) is 0 Å². The third-order valence-corrected chi connectivity index (χ3v) is 5.60. The molecule has 1 aliphatic rings. The van der Waals surface area contributed by atoms with E-state index in [4.69, 9.17) is 9.47 Å². The van der Waals surface area contributed by atoms with Crippen molar-refractivity contribution < 1.29 is 14.3 Å². The predicted octanol–water partition coefficient (Wildman–Crippen LogP) is 4.64. The van der Waals surface area contributed by atoms with E-state index in [1.807, 2.05) is 24.6 Å². The molecule has 0 saturated heterocycles. The Bertz CT molecular complexity index is 1070. The lowest BCUT2D eigenvalue weighted by Crippen LogP contribution is -2.17. The molecule has 150 valence electrons. The lowest BCUT2D eigenvalue weighted by atomic mass is 10.1. The van der Waals surface area contributed by atoms with Crippen LogP contribution in [0.2, 0.25) is 0 Å². The summed E-state index contributed by atoms with van der Waals surface area (Å²) in [6.07, 6.45) is 0. The quantitative estimate of drug-likeness (QED) is 0.621. The molecule has 0 fully saturated rings. The number of rotatable bonds is 4. The molecule has 2 aromatic carbocycles. The minimum atomic E-state index is -0.201. The van der Waals surface area contributed by atoms with E-state index in [1.165, 1.54) is 5.56 Å². The van der Waals surface area contributed by atoms with Crippen LogP contribution in [0.15, 0.2) is 40.9 Å². The molecule has 6 nitrogen and oxygen atoms in total. The van der Waals surface area contributed by atoms with Crippen LogP contribution in [0.4, 0.5) is 5.69 Å². The van der Waals surface area contributed by atoms with Gasteiger partial charge in [0.15, 0.2) is 11.5 Å². The molecule has 0 aliphatic carbocycles. The standard InChI is InChI=1S/C22H22BrN3O3/c1-13-4-6-16(7-5-13)12-26-15(3)21(14(2)25-26)22(27)24-18-11-20-19(10-17(18)23)28-8-9-29-20/h4-7,10-11H,8-9,12H2,1-3H3,(H,24,27). The number of aromatic nitrogens is 2. The van der Waals surface area contributed by atoms with Crippen LogP contribution in [-0.2, 0) is 6.54 Å². The molecular formula is C22H22BrN3O3. The molecule has 3 aromatic rings. The van der Waals surface area contributed by atoms with Crippen molar-refractivity contribution in [2.24, 2.45) is 0 Å². The van der Waals surface area contributed by atoms with Gasteiger partial charge < -0.3 is 14.8 Å². The number of nitrogens with one attached hydrogen (secondary N) is 1. The van der Waals surface area contributed by atoms with Gasteiger partial charge in [0.2, 0.25) is 0 Å². The largest absolute Gasteiger partial charge is 0.486 e. The van der Waals surface area contributed by atoms with Crippen LogP contribution < -0.4 is 14.8 Å². The molecule has 29 heavy (non-hydrogen) atoms. The van der Waals surface area contributed by atoms with Gasteiger partial charge in [-0.15, -0.1) is 0 Å². The van der Waals surface area contributed by atoms with Gasteiger partial charge in [-0.2, -0.15) is 5.10 Å². The van der Waals surface area contributed by atoms with Crippen molar-refractivity contribution in [1.29, 1.82) is 0 Å². The van der Waals surface area contributed by atoms with Crippen LogP contribution in [0.25, 0.3) is 0 Å². The Labute approximate surface area is 178 Å². The molecule has 0 saturated carbocycles. The van der Waals surface area contributed by atoms with E-state index in [9.17, 15) is 4.79 Å². The number of hydrogen-bond acceptors (Lipinski definition) is 4. The molecule has 7 heteroatoms. The molecular weight excluding hydrogens is 434 g/mol. The van der Waals surface area contributed by atoms with E-state index < -0.39 is 0 Å². The van der Waals surface area contributed by atoms with Gasteiger partial charge in [-0.25, -0.2) is 0 Å². The van der Waals surface area contributed by atoms with Crippen molar-refractivity contribution in [3.05, 3.63) is 68.9 Å². The average molecular weight is 456 g/mol. The minimum absolute atomic E-state index is 0.201. The first-order chi connectivity index (χ1) is 13.9. The van der Waals surface area contributed by atoms with Crippen molar-refractivity contribution in [1.82, 2.24) is 9.78 Å². The van der Waals surface area contributed by atoms with Gasteiger partial charge >= 0.3 is 0 Å². The highest BCUT2D eigenvalue weighted by Gasteiger charge is 2.21. The SMILES string of the molecule is Cc1ccc(Cn2nc(C)c(C(=O)Nc3cc4c(cc3Br)OCCO4)c2C)cc1. The summed E-state index contributed by atoms with van der Waals surface area (Å²) in [5, 5.41) is 7.55. The first-order valence-electron chi connectivity index (χ1n) is 9.42. The smallest absolute Gasteiger partial charge is 0.259 e. The zero-order valence-electron chi connectivity index (χ0n) is 16.6. The van der Waals surface area contributed by atoms with Gasteiger partial charge in [0.25, 0.3) is 5.91 Å². The van der Waals surface area contributed by atoms with Crippen LogP contribution in [0.3, 0.4) is 0 Å². The minimum Gasteiger partial charge on any atom is -0.486 e. The molecule has 1 amide bonds. The maximum Gasteiger partial charge on any atom is 0.259 e. The molecule has 0 atom stereocenters. The Balaban J connectivity index is 1.58. The number of fused-ring (bicyclic) bond motifs is 1. The zero-order valence-corrected chi connectivity index (χ0v) is 18.2. The first kappa shape index (κ1) is 19.5. The van der Waals surface area contributed by atoms with Crippen LogP contribution in [0.5, 0.6) is 11.5 Å². The number of hydrogen-bond donors (Lipinski definition) is 1. The van der Waals surface area contributed by atoms with Crippen molar-refractivity contribution in [2.75, 3.05) is 18.5 Å². The maximum absolute atomic E-state index is 13.0. The number of carbonyl (C=O) groups excluding carboxylic acids is 1. The summed E-state index contributed by atoms with van der Waals surface area (Å²) in [6.45, 7) is 7.46. The summed E-state index contributed by atoms with van der Waals surface area (Å²) in [5.74, 6) is 1.09. The summed E-state index contributed by atoms with van der Waals surface area (Å²) in [4.78, 5) is 13.0. The third-order valence-electron chi connectivity index (χ3n) is 4.94. The lowest BCUT2D eigenvalue weighted by Gasteiger charge is -2.20. The number of carbonyl (C=O) groups is 1. The highest BCUT2D eigenvalue weighted by atomic mass is 79.9. The van der Waals surface area contributed by atoms with E-state index in [0.29, 0.717) is 48.2 Å². The van der Waals surface area contributed by atoms with Crippen molar-refractivity contribution >= 4 is 27.5 Å². The first-order valence-corrected chi connectivity index (χ1v) is 10.2. The number of anilines is 1. The molecule has 0 unspecified atom stereocenters. The van der Waals surface area contributed by atoms with Crippen molar-refractivity contribution in [3.8, 4) is 11.5 Å². The Kier molecular flexibility index (Phi) is 5.32. The number of halogens is 1. The van der Waals surface area contributed by atoms with Gasteiger partial charge in [0, 0.05) is 22.3 Å². The second kappa shape index (κ2) is 7.91. The Morgan fingerprint density at radius 2 is 1.76 bits per heavy atom. The second-order valence-corrected chi connectivity index (χ2v) is 7.97. The molecule has 1 N–H and O–H groups in total. The highest BCUT2D eigenvalue weighted by Crippen LogP contribution is 2.38. The van der Waals surface area contributed by atoms with E-state index in [-0.39, 0.29) is 5.91 Å². The van der Waals surface area contributed by atoms with E-state index in [1.54, 1.807) is 6.07 Å². The molecule has 2 heterocycles. The Morgan fingerprint density at radius 3 is 2.45 bits per heavy atom. The molecule has 4 rings (SSSR count). The molecule has 1 aromatic heterocycles. The average Bonchev–Trinajstić information content (AvgIpc) is 2.97. The number of nitrogens with zero attached hydrogens (tertiary/aromatic N) is 2. The Hall–Kier alpha value is -2.80. The molecule has 0 spiro atoms. The summed E-state index contributed by atoms with van der Waals surface area (Å²) in [7, 11) is 0. The summed E-state index contributed by atoms with van der Waals surface area (Å²) in [5.41, 5.74) is 5.09. The fourth-order valence-electron chi connectivity index (χ4n) is 3.39. The number of ether oxygens (including phenoxy) is 2. The number of amides is 1. The van der Waals surface area contributed by atoms with Gasteiger partial charge in [-0.05, 0) is 42.3 Å². The van der Waals surface area contributed by atoms with Crippen molar-refractivity contribution in [2.45, 2.75) is 27.3 Å². The van der Waals surface area contributed by atoms with Gasteiger partial charge in [0.05, 0.1) is 23.5 Å². The third kappa shape index (κ3) is 4.00. The highest BCUT2D eigenvalue weighted by molar-refractivity contribution is 9.10. The fraction of sp³-hybridized carbons (Fsp3) is 0.273. The zero-order chi connectivity index (χ0) is 20.5. The maximum atomic E-state index is 13.0. The van der Waals surface area contributed by atoms with Gasteiger partial charge in [-0.1, -0.05) is 29.8 Å². The van der Waals surface area contributed by atoms with Crippen LogP contribution >= 0.6 is 15.9 Å². The molecule has 1 aliphatic heterocycles. The van der Waals surface area contributed by atoms with E-state index in [2.05, 4.69) is 57.5 Å². The van der Waals surface area contributed by atoms with Gasteiger partial charge in [0.1, 0.15) is 13.2 Å². The fourth-order valence-corrected chi connectivity index (χ4v) is 3.81. The van der Waals surface area contributed by atoms with Crippen LogP contribution in [0, 0.1) is 20.8 Å². The van der Waals surface area contributed by atoms with Crippen LogP contribution in [-0.4, -0.2) is 28.9 Å². The number of aryl methyl sites for hydroxylation is 2. The normalized spacial score (nSPS) is 12.7. The summed E-state index contributed by atoms with van der Waals surface area (Å²) < 4.78 is 13.8. The molecule has 0 radical (unpaired) electrons. The number of benzene rings is 2. The topological polar surface area (TPSA) is 65.4 Å². The summed E-state index contributed by atoms with van der Waals surface area (Å²) in [6, 6.07) is 11.9. The van der Waals surface area contributed by atoms with E-state index >= 15 is 0 Å². The predicted molar refractivity (Wildman–Crippen MR) is 115 cm³/mol. The summed E-state index contributed by atoms with van der Waals surface area (Å²) >= 11 is 3.50. The lowest BCUT2D eigenvalue weighted by molar-refractivity contribution is 0.102. The van der Waals surface area contributed by atoms with Gasteiger partial charge in [-0.3, -0.25) is 9.48 Å².